The minimum atomic E-state index is -3.97. The minimum absolute atomic E-state index is 0.148. The summed E-state index contributed by atoms with van der Waals surface area (Å²) in [5, 5.41) is 0. The average Bonchev–Trinajstić information content (AvgIpc) is 2.61. The normalized spacial score (nSPS) is 11.3. The van der Waals surface area contributed by atoms with E-state index in [1.165, 1.54) is 18.2 Å². The van der Waals surface area contributed by atoms with Gasteiger partial charge in [-0.15, -0.1) is 4.83 Å². The molecule has 0 saturated heterocycles. The number of carbonyl (C=O) groups excluding carboxylic acids is 1. The van der Waals surface area contributed by atoms with Gasteiger partial charge in [0, 0.05) is 6.07 Å². The van der Waals surface area contributed by atoms with Gasteiger partial charge in [0.25, 0.3) is 15.9 Å². The van der Waals surface area contributed by atoms with Gasteiger partial charge in [0.1, 0.15) is 11.6 Å². The molecule has 8 heteroatoms. The van der Waals surface area contributed by atoms with Crippen molar-refractivity contribution >= 4 is 15.9 Å². The van der Waals surface area contributed by atoms with Crippen LogP contribution in [0.4, 0.5) is 4.39 Å². The van der Waals surface area contributed by atoms with Crippen molar-refractivity contribution in [1.29, 1.82) is 0 Å². The number of rotatable bonds is 6. The van der Waals surface area contributed by atoms with Gasteiger partial charge in [-0.2, -0.15) is 0 Å². The number of hydrogen-bond acceptors (Lipinski definition) is 4. The lowest BCUT2D eigenvalue weighted by atomic mass is 9.95. The molecule has 0 aliphatic heterocycles. The van der Waals surface area contributed by atoms with Crippen molar-refractivity contribution < 1.29 is 22.3 Å². The topological polar surface area (TPSA) is 84.5 Å². The second-order valence-electron chi connectivity index (χ2n) is 6.35. The number of benzene rings is 2. The summed E-state index contributed by atoms with van der Waals surface area (Å²) in [6.45, 7) is 8.68. The van der Waals surface area contributed by atoms with Crippen LogP contribution in [0.25, 0.3) is 0 Å². The van der Waals surface area contributed by atoms with Crippen molar-refractivity contribution in [2.24, 2.45) is 0 Å². The Bertz CT molecular complexity index is 958. The molecule has 0 unspecified atom stereocenters. The van der Waals surface area contributed by atoms with E-state index in [1.54, 1.807) is 13.8 Å². The fourth-order valence-electron chi connectivity index (χ4n) is 2.79. The highest BCUT2D eigenvalue weighted by Gasteiger charge is 2.24. The first-order chi connectivity index (χ1) is 12.5. The standard InChI is InChI=1S/C19H23FN2O4S/c1-11-12(2)14(4)19(15(5)13(11)3)27(24,25)22-21-18(23)10-26-17-8-6-7-16(20)9-17/h6-9,22H,10H2,1-5H3,(H,21,23). The third-order valence-corrected chi connectivity index (χ3v) is 6.21. The predicted octanol–water partition coefficient (Wildman–Crippen LogP) is 2.76. The van der Waals surface area contributed by atoms with Gasteiger partial charge in [-0.25, -0.2) is 12.8 Å². The quantitative estimate of drug-likeness (QED) is 0.738. The van der Waals surface area contributed by atoms with E-state index in [-0.39, 0.29) is 10.6 Å². The Morgan fingerprint density at radius 3 is 2.11 bits per heavy atom. The lowest BCUT2D eigenvalue weighted by molar-refractivity contribution is -0.123. The molecule has 6 nitrogen and oxygen atoms in total. The highest BCUT2D eigenvalue weighted by molar-refractivity contribution is 7.89. The number of carbonyl (C=O) groups is 1. The van der Waals surface area contributed by atoms with Crippen LogP contribution in [-0.4, -0.2) is 20.9 Å². The van der Waals surface area contributed by atoms with Crippen LogP contribution in [0.5, 0.6) is 5.75 Å². The molecule has 2 N–H and O–H groups in total. The van der Waals surface area contributed by atoms with Crippen LogP contribution in [-0.2, 0) is 14.8 Å². The summed E-state index contributed by atoms with van der Waals surface area (Å²) in [6, 6.07) is 5.31. The smallest absolute Gasteiger partial charge is 0.272 e. The highest BCUT2D eigenvalue weighted by Crippen LogP contribution is 2.29. The number of hydrazine groups is 1. The zero-order valence-corrected chi connectivity index (χ0v) is 16.8. The molecule has 0 aliphatic carbocycles. The van der Waals surface area contributed by atoms with Crippen molar-refractivity contribution in [2.45, 2.75) is 39.5 Å². The molecule has 2 aromatic carbocycles. The maximum absolute atomic E-state index is 13.1. The molecule has 0 bridgehead atoms. The SMILES string of the molecule is Cc1c(C)c(C)c(S(=O)(=O)NNC(=O)COc2cccc(F)c2)c(C)c1C. The predicted molar refractivity (Wildman–Crippen MR) is 100 cm³/mol. The Morgan fingerprint density at radius 2 is 1.56 bits per heavy atom. The van der Waals surface area contributed by atoms with Gasteiger partial charge in [0.15, 0.2) is 6.61 Å². The van der Waals surface area contributed by atoms with E-state index in [1.807, 2.05) is 20.8 Å². The average molecular weight is 394 g/mol. The molecule has 2 aromatic rings. The Kier molecular flexibility index (Phi) is 6.22. The van der Waals surface area contributed by atoms with Gasteiger partial charge in [0.2, 0.25) is 0 Å². The van der Waals surface area contributed by atoms with Gasteiger partial charge in [-0.1, -0.05) is 6.07 Å². The molecule has 0 radical (unpaired) electrons. The van der Waals surface area contributed by atoms with Crippen molar-refractivity contribution in [2.75, 3.05) is 6.61 Å². The summed E-state index contributed by atoms with van der Waals surface area (Å²) in [4.78, 5) is 14.1. The Labute approximate surface area is 158 Å². The first kappa shape index (κ1) is 20.9. The molecule has 0 atom stereocenters. The van der Waals surface area contributed by atoms with Gasteiger partial charge in [-0.3, -0.25) is 10.2 Å². The molecular formula is C19H23FN2O4S. The third-order valence-electron chi connectivity index (χ3n) is 4.69. The largest absolute Gasteiger partial charge is 0.484 e. The van der Waals surface area contributed by atoms with Crippen molar-refractivity contribution in [3.05, 3.63) is 57.9 Å². The summed E-state index contributed by atoms with van der Waals surface area (Å²) in [6.07, 6.45) is 0. The number of hydrogen-bond donors (Lipinski definition) is 2. The van der Waals surface area contributed by atoms with Gasteiger partial charge in [0.05, 0.1) is 4.90 Å². The van der Waals surface area contributed by atoms with E-state index >= 15 is 0 Å². The Hall–Kier alpha value is -2.45. The third kappa shape index (κ3) is 4.64. The van der Waals surface area contributed by atoms with Crippen molar-refractivity contribution in [1.82, 2.24) is 10.3 Å². The van der Waals surface area contributed by atoms with Crippen LogP contribution in [0.3, 0.4) is 0 Å². The fraction of sp³-hybridized carbons (Fsp3) is 0.316. The molecule has 0 spiro atoms. The monoisotopic (exact) mass is 394 g/mol. The van der Waals surface area contributed by atoms with Crippen molar-refractivity contribution in [3.63, 3.8) is 0 Å². The number of nitrogens with one attached hydrogen (secondary N) is 2. The molecule has 146 valence electrons. The second-order valence-corrected chi connectivity index (χ2v) is 7.97. The summed E-state index contributed by atoms with van der Waals surface area (Å²) in [5.41, 5.74) is 6.20. The molecule has 2 rings (SSSR count). The second kappa shape index (κ2) is 8.06. The molecule has 27 heavy (non-hydrogen) atoms. The van der Waals surface area contributed by atoms with E-state index < -0.39 is 28.4 Å². The van der Waals surface area contributed by atoms with Crippen LogP contribution >= 0.6 is 0 Å². The first-order valence-electron chi connectivity index (χ1n) is 8.30. The van der Waals surface area contributed by atoms with Crippen molar-refractivity contribution in [3.8, 4) is 5.75 Å². The van der Waals surface area contributed by atoms with Gasteiger partial charge in [-0.05, 0) is 74.6 Å². The number of amides is 1. The lowest BCUT2D eigenvalue weighted by Crippen LogP contribution is -2.44. The highest BCUT2D eigenvalue weighted by atomic mass is 32.2. The molecule has 1 amide bonds. The number of sulfonamides is 1. The lowest BCUT2D eigenvalue weighted by Gasteiger charge is -2.19. The zero-order chi connectivity index (χ0) is 20.4. The zero-order valence-electron chi connectivity index (χ0n) is 15.9. The summed E-state index contributed by atoms with van der Waals surface area (Å²) in [7, 11) is -3.97. The maximum Gasteiger partial charge on any atom is 0.272 e. The molecule has 0 aromatic heterocycles. The van der Waals surface area contributed by atoms with E-state index in [0.717, 1.165) is 22.8 Å². The van der Waals surface area contributed by atoms with Crippen LogP contribution in [0, 0.1) is 40.4 Å². The fourth-order valence-corrected chi connectivity index (χ4v) is 4.25. The first-order valence-corrected chi connectivity index (χ1v) is 9.79. The van der Waals surface area contributed by atoms with E-state index in [2.05, 4.69) is 10.3 Å². The van der Waals surface area contributed by atoms with E-state index in [4.69, 9.17) is 4.74 Å². The Balaban J connectivity index is 2.10. The maximum atomic E-state index is 13.1. The Morgan fingerprint density at radius 1 is 1.00 bits per heavy atom. The molecule has 0 saturated carbocycles. The van der Waals surface area contributed by atoms with Crippen LogP contribution in [0.2, 0.25) is 0 Å². The molecular weight excluding hydrogens is 371 g/mol. The van der Waals surface area contributed by atoms with Gasteiger partial charge >= 0.3 is 0 Å². The molecule has 0 fully saturated rings. The molecule has 0 heterocycles. The number of ether oxygens (including phenoxy) is 1. The summed E-state index contributed by atoms with van der Waals surface area (Å²) in [5.74, 6) is -1.03. The van der Waals surface area contributed by atoms with Gasteiger partial charge < -0.3 is 4.74 Å². The minimum Gasteiger partial charge on any atom is -0.484 e. The van der Waals surface area contributed by atoms with Crippen LogP contribution in [0.15, 0.2) is 29.2 Å². The van der Waals surface area contributed by atoms with Crippen LogP contribution < -0.4 is 15.0 Å². The van der Waals surface area contributed by atoms with Crippen LogP contribution in [0.1, 0.15) is 27.8 Å². The summed E-state index contributed by atoms with van der Waals surface area (Å²) >= 11 is 0. The molecule has 0 aliphatic rings. The number of halogens is 1. The summed E-state index contributed by atoms with van der Waals surface area (Å²) < 4.78 is 43.6. The van der Waals surface area contributed by atoms with E-state index in [9.17, 15) is 17.6 Å². The van der Waals surface area contributed by atoms with E-state index in [0.29, 0.717) is 11.1 Å².